The number of piperidine rings is 1. The van der Waals surface area contributed by atoms with Crippen molar-refractivity contribution in [1.82, 2.24) is 15.2 Å². The molecule has 186 valence electrons. The number of ketones is 1. The summed E-state index contributed by atoms with van der Waals surface area (Å²) in [6.07, 6.45) is 1.93. The van der Waals surface area contributed by atoms with Crippen LogP contribution in [-0.2, 0) is 4.79 Å². The number of Topliss-reactive ketones (excluding diaryl/α,β-unsaturated/α-hetero) is 1. The number of carbonyl (C=O) groups excluding carboxylic acids is 2. The van der Waals surface area contributed by atoms with Crippen molar-refractivity contribution < 1.29 is 19.5 Å². The van der Waals surface area contributed by atoms with Crippen LogP contribution in [0.5, 0.6) is 0 Å². The Kier molecular flexibility index (Phi) is 7.82. The third-order valence-electron chi connectivity index (χ3n) is 6.96. The van der Waals surface area contributed by atoms with E-state index in [1.807, 2.05) is 17.0 Å². The average Bonchev–Trinajstić information content (AvgIpc) is 3.28. The van der Waals surface area contributed by atoms with Gasteiger partial charge in [0, 0.05) is 62.2 Å². The van der Waals surface area contributed by atoms with E-state index in [-0.39, 0.29) is 36.0 Å². The van der Waals surface area contributed by atoms with Crippen LogP contribution in [0.25, 0.3) is 0 Å². The van der Waals surface area contributed by atoms with Gasteiger partial charge in [0.1, 0.15) is 5.82 Å². The molecule has 10 heteroatoms. The standard InChI is InChI=1S/C25H28Cl2N4O4/c1-15(32)18-3-5-23(28-11-18)30-8-6-16(7-9-30)24(33)31-13-19(12-29-25(34)35)20(14-31)17-2-4-21(26)22(27)10-17/h2-5,10-11,16,19-20,29H,6-9,12-14H2,1H3,(H,34,35)/t19-,20-/m0/s1. The lowest BCUT2D eigenvalue weighted by atomic mass is 9.89. The Morgan fingerprint density at radius 3 is 2.43 bits per heavy atom. The van der Waals surface area contributed by atoms with Gasteiger partial charge in [-0.15, -0.1) is 0 Å². The zero-order chi connectivity index (χ0) is 25.1. The van der Waals surface area contributed by atoms with E-state index >= 15 is 0 Å². The lowest BCUT2D eigenvalue weighted by Gasteiger charge is -2.34. The third kappa shape index (κ3) is 5.87. The largest absolute Gasteiger partial charge is 0.465 e. The van der Waals surface area contributed by atoms with E-state index in [4.69, 9.17) is 28.3 Å². The number of hydrogen-bond acceptors (Lipinski definition) is 5. The molecule has 4 rings (SSSR count). The van der Waals surface area contributed by atoms with E-state index in [1.54, 1.807) is 24.4 Å². The van der Waals surface area contributed by atoms with Crippen LogP contribution in [0, 0.1) is 11.8 Å². The van der Waals surface area contributed by atoms with Gasteiger partial charge >= 0.3 is 6.09 Å². The highest BCUT2D eigenvalue weighted by Gasteiger charge is 2.39. The Hall–Kier alpha value is -2.84. The molecule has 0 radical (unpaired) electrons. The highest BCUT2D eigenvalue weighted by atomic mass is 35.5. The summed E-state index contributed by atoms with van der Waals surface area (Å²) in [5.41, 5.74) is 1.53. The molecular formula is C25H28Cl2N4O4. The molecule has 0 unspecified atom stereocenters. The Bertz CT molecular complexity index is 1100. The van der Waals surface area contributed by atoms with E-state index in [9.17, 15) is 14.4 Å². The first-order chi connectivity index (χ1) is 16.7. The van der Waals surface area contributed by atoms with Crippen LogP contribution in [0.4, 0.5) is 10.6 Å². The predicted octanol–water partition coefficient (Wildman–Crippen LogP) is 4.32. The van der Waals surface area contributed by atoms with E-state index in [0.29, 0.717) is 54.6 Å². The summed E-state index contributed by atoms with van der Waals surface area (Å²) < 4.78 is 0. The molecule has 0 spiro atoms. The molecule has 2 saturated heterocycles. The lowest BCUT2D eigenvalue weighted by molar-refractivity contribution is -0.135. The second-order valence-electron chi connectivity index (χ2n) is 9.19. The van der Waals surface area contributed by atoms with Gasteiger partial charge in [-0.2, -0.15) is 0 Å². The van der Waals surface area contributed by atoms with Crippen LogP contribution in [0.15, 0.2) is 36.5 Å². The van der Waals surface area contributed by atoms with E-state index in [1.165, 1.54) is 6.92 Å². The molecule has 0 bridgehead atoms. The molecule has 2 atom stereocenters. The van der Waals surface area contributed by atoms with Crippen molar-refractivity contribution in [3.8, 4) is 0 Å². The van der Waals surface area contributed by atoms with Gasteiger partial charge in [0.2, 0.25) is 5.91 Å². The molecule has 2 aliphatic heterocycles. The predicted molar refractivity (Wildman–Crippen MR) is 134 cm³/mol. The van der Waals surface area contributed by atoms with E-state index < -0.39 is 6.09 Å². The Morgan fingerprint density at radius 1 is 1.09 bits per heavy atom. The van der Waals surface area contributed by atoms with Crippen LogP contribution in [0.1, 0.15) is 41.6 Å². The number of amides is 2. The summed E-state index contributed by atoms with van der Waals surface area (Å²) in [6, 6.07) is 9.06. The molecule has 2 fully saturated rings. The molecule has 3 heterocycles. The molecule has 0 aliphatic carbocycles. The van der Waals surface area contributed by atoms with Crippen molar-refractivity contribution in [3.63, 3.8) is 0 Å². The van der Waals surface area contributed by atoms with Crippen molar-refractivity contribution in [3.05, 3.63) is 57.7 Å². The first kappa shape index (κ1) is 25.3. The van der Waals surface area contributed by atoms with Crippen LogP contribution in [0.2, 0.25) is 10.0 Å². The van der Waals surface area contributed by atoms with E-state index in [2.05, 4.69) is 15.2 Å². The fraction of sp³-hybridized carbons (Fsp3) is 0.440. The number of pyridine rings is 1. The minimum absolute atomic E-state index is 0.0185. The normalized spacial score (nSPS) is 20.7. The first-order valence-corrected chi connectivity index (χ1v) is 12.4. The van der Waals surface area contributed by atoms with E-state index in [0.717, 1.165) is 11.4 Å². The van der Waals surface area contributed by atoms with Gasteiger partial charge in [-0.05, 0) is 49.6 Å². The van der Waals surface area contributed by atoms with Gasteiger partial charge in [0.15, 0.2) is 5.78 Å². The number of nitrogens with one attached hydrogen (secondary N) is 1. The van der Waals surface area contributed by atoms with Crippen LogP contribution >= 0.6 is 23.2 Å². The molecule has 2 aromatic rings. The summed E-state index contributed by atoms with van der Waals surface area (Å²) in [7, 11) is 0. The number of carboxylic acid groups (broad SMARTS) is 1. The molecule has 0 saturated carbocycles. The van der Waals surface area contributed by atoms with Crippen molar-refractivity contribution in [2.75, 3.05) is 37.6 Å². The van der Waals surface area contributed by atoms with Gasteiger partial charge in [-0.1, -0.05) is 29.3 Å². The Balaban J connectivity index is 1.40. The summed E-state index contributed by atoms with van der Waals surface area (Å²) in [5.74, 6) is 0.702. The number of benzene rings is 1. The summed E-state index contributed by atoms with van der Waals surface area (Å²) >= 11 is 12.3. The zero-order valence-electron chi connectivity index (χ0n) is 19.4. The SMILES string of the molecule is CC(=O)c1ccc(N2CCC(C(=O)N3C[C@H](CNC(=O)O)[C@H](c4ccc(Cl)c(Cl)c4)C3)CC2)nc1. The maximum atomic E-state index is 13.4. The number of hydrogen-bond donors (Lipinski definition) is 2. The van der Waals surface area contributed by atoms with Gasteiger partial charge in [0.05, 0.1) is 10.0 Å². The first-order valence-electron chi connectivity index (χ1n) is 11.7. The van der Waals surface area contributed by atoms with Gasteiger partial charge in [0.25, 0.3) is 0 Å². The molecule has 2 aliphatic rings. The highest BCUT2D eigenvalue weighted by Crippen LogP contribution is 2.37. The molecule has 1 aromatic carbocycles. The fourth-order valence-corrected chi connectivity index (χ4v) is 5.30. The quantitative estimate of drug-likeness (QED) is 0.552. The smallest absolute Gasteiger partial charge is 0.404 e. The highest BCUT2D eigenvalue weighted by molar-refractivity contribution is 6.42. The van der Waals surface area contributed by atoms with Crippen LogP contribution in [-0.4, -0.2) is 65.5 Å². The zero-order valence-corrected chi connectivity index (χ0v) is 20.9. The monoisotopic (exact) mass is 518 g/mol. The van der Waals surface area contributed by atoms with Crippen LogP contribution < -0.4 is 10.2 Å². The Morgan fingerprint density at radius 2 is 1.83 bits per heavy atom. The number of nitrogens with zero attached hydrogens (tertiary/aromatic N) is 3. The number of carbonyl (C=O) groups is 3. The number of halogens is 2. The second-order valence-corrected chi connectivity index (χ2v) is 10.0. The topological polar surface area (TPSA) is 103 Å². The summed E-state index contributed by atoms with van der Waals surface area (Å²) in [4.78, 5) is 44.4. The minimum Gasteiger partial charge on any atom is -0.465 e. The molecule has 1 aromatic heterocycles. The van der Waals surface area contributed by atoms with Gasteiger partial charge in [-0.3, -0.25) is 9.59 Å². The molecule has 2 N–H and O–H groups in total. The molecule has 8 nitrogen and oxygen atoms in total. The molecular weight excluding hydrogens is 491 g/mol. The number of aromatic nitrogens is 1. The van der Waals surface area contributed by atoms with Crippen molar-refractivity contribution in [1.29, 1.82) is 0 Å². The average molecular weight is 519 g/mol. The minimum atomic E-state index is -1.08. The summed E-state index contributed by atoms with van der Waals surface area (Å²) in [6.45, 7) is 4.17. The number of likely N-dealkylation sites (tertiary alicyclic amines) is 1. The molecule has 2 amide bonds. The second kappa shape index (κ2) is 10.8. The van der Waals surface area contributed by atoms with Crippen molar-refractivity contribution in [2.24, 2.45) is 11.8 Å². The van der Waals surface area contributed by atoms with Gasteiger partial charge < -0.3 is 20.2 Å². The Labute approximate surface area is 214 Å². The van der Waals surface area contributed by atoms with Crippen molar-refractivity contribution >= 4 is 46.8 Å². The molecule has 35 heavy (non-hydrogen) atoms. The third-order valence-corrected chi connectivity index (χ3v) is 7.70. The summed E-state index contributed by atoms with van der Waals surface area (Å²) in [5, 5.41) is 12.5. The fourth-order valence-electron chi connectivity index (χ4n) is 4.99. The maximum absolute atomic E-state index is 13.4. The maximum Gasteiger partial charge on any atom is 0.404 e. The lowest BCUT2D eigenvalue weighted by Crippen LogP contribution is -2.42. The van der Waals surface area contributed by atoms with Crippen LogP contribution in [0.3, 0.4) is 0 Å². The van der Waals surface area contributed by atoms with Crippen molar-refractivity contribution in [2.45, 2.75) is 25.7 Å². The van der Waals surface area contributed by atoms with Gasteiger partial charge in [-0.25, -0.2) is 9.78 Å². The number of rotatable bonds is 6. The number of anilines is 1.